The van der Waals surface area contributed by atoms with E-state index in [9.17, 15) is 0 Å². The van der Waals surface area contributed by atoms with E-state index >= 15 is 0 Å². The van der Waals surface area contributed by atoms with Crippen LogP contribution in [0.3, 0.4) is 0 Å². The predicted octanol–water partition coefficient (Wildman–Crippen LogP) is 0.961. The van der Waals surface area contributed by atoms with Gasteiger partial charge in [0.25, 0.3) is 0 Å². The summed E-state index contributed by atoms with van der Waals surface area (Å²) >= 11 is 4.54. The fraction of sp³-hybridized carbons (Fsp3) is 0. The number of hydrogen-bond donors (Lipinski definition) is 0. The molecule has 0 aliphatic heterocycles. The molecule has 0 unspecified atom stereocenters. The van der Waals surface area contributed by atoms with Gasteiger partial charge in [0, 0.05) is 0 Å². The van der Waals surface area contributed by atoms with E-state index < -0.39 is 0 Å². The quantitative estimate of drug-likeness (QED) is 0.384. The van der Waals surface area contributed by atoms with Crippen LogP contribution < -0.4 is 5.30 Å². The topological polar surface area (TPSA) is 0 Å². The second kappa shape index (κ2) is 3.88. The van der Waals surface area contributed by atoms with Crippen molar-refractivity contribution in [3.05, 3.63) is 30.3 Å². The van der Waals surface area contributed by atoms with Gasteiger partial charge in [-0.2, -0.15) is 0 Å². The van der Waals surface area contributed by atoms with Crippen LogP contribution in [0.1, 0.15) is 0 Å². The predicted molar refractivity (Wildman–Crippen MR) is 44.5 cm³/mol. The third kappa shape index (κ3) is 2.51. The summed E-state index contributed by atoms with van der Waals surface area (Å²) in [5.74, 6) is 0. The van der Waals surface area contributed by atoms with Gasteiger partial charge in [-0.3, -0.25) is 0 Å². The van der Waals surface area contributed by atoms with Crippen LogP contribution >= 0.6 is 4.77 Å². The zero-order valence-corrected chi connectivity index (χ0v) is 6.73. The minimum atomic E-state index is 0.104. The molecule has 0 atom stereocenters. The Morgan fingerprint density at radius 1 is 1.00 bits per heavy atom. The Bertz CT molecular complexity index is 174. The standard InChI is InChI=1S/C6H5P.2Li/c7-6-4-2-1-3-5-6;;/h1-5H;;. The first-order valence-corrected chi connectivity index (χ1v) is 5.26. The Balaban J connectivity index is 2.85. The summed E-state index contributed by atoms with van der Waals surface area (Å²) in [6.07, 6.45) is 0. The first-order valence-electron chi connectivity index (χ1n) is 3.03. The van der Waals surface area contributed by atoms with Crippen LogP contribution in [0.5, 0.6) is 0 Å². The van der Waals surface area contributed by atoms with Crippen LogP contribution in [0.15, 0.2) is 30.3 Å². The number of rotatable bonds is 1. The molecule has 0 heterocycles. The van der Waals surface area contributed by atoms with E-state index in [0.29, 0.717) is 0 Å². The van der Waals surface area contributed by atoms with Gasteiger partial charge in [0.1, 0.15) is 0 Å². The molecule has 0 fully saturated rings. The first kappa shape index (κ1) is 7.95. The fourth-order valence-corrected chi connectivity index (χ4v) is 1.49. The van der Waals surface area contributed by atoms with E-state index in [-0.39, 0.29) is 4.77 Å². The summed E-state index contributed by atoms with van der Waals surface area (Å²) in [5.41, 5.74) is 0. The van der Waals surface area contributed by atoms with Gasteiger partial charge >= 0.3 is 74.9 Å². The molecule has 0 aliphatic rings. The molecule has 0 saturated heterocycles. The number of hydrogen-bond acceptors (Lipinski definition) is 0. The van der Waals surface area contributed by atoms with E-state index in [0.717, 1.165) is 0 Å². The second-order valence-corrected chi connectivity index (χ2v) is 4.54. The average molecular weight is 122 g/mol. The van der Waals surface area contributed by atoms with E-state index in [2.05, 4.69) is 64.8 Å². The molecule has 1 aromatic rings. The monoisotopic (exact) mass is 122 g/mol. The van der Waals surface area contributed by atoms with Crippen molar-refractivity contribution in [3.8, 4) is 0 Å². The fourth-order valence-electron chi connectivity index (χ4n) is 0.726. The van der Waals surface area contributed by atoms with Gasteiger partial charge in [0.05, 0.1) is 0 Å². The van der Waals surface area contributed by atoms with Crippen LogP contribution in [0.4, 0.5) is 0 Å². The third-order valence-electron chi connectivity index (χ3n) is 1.27. The summed E-state index contributed by atoms with van der Waals surface area (Å²) < 4.78 is 0.104. The minimum absolute atomic E-state index is 0.104. The van der Waals surface area contributed by atoms with Crippen molar-refractivity contribution in [1.29, 1.82) is 0 Å². The molecule has 0 aromatic heterocycles. The second-order valence-electron chi connectivity index (χ2n) is 2.23. The van der Waals surface area contributed by atoms with Crippen molar-refractivity contribution in [2.24, 2.45) is 0 Å². The Kier molecular flexibility index (Phi) is 3.43. The Morgan fingerprint density at radius 3 is 1.89 bits per heavy atom. The summed E-state index contributed by atoms with van der Waals surface area (Å²) in [6.45, 7) is 0. The van der Waals surface area contributed by atoms with Gasteiger partial charge in [-0.25, -0.2) is 0 Å². The Hall–Kier alpha value is 0.845. The molecule has 3 heteroatoms. The van der Waals surface area contributed by atoms with Crippen molar-refractivity contribution < 1.29 is 0 Å². The molecule has 0 bridgehead atoms. The maximum absolute atomic E-state index is 2.27. The maximum atomic E-state index is 2.27. The van der Waals surface area contributed by atoms with Gasteiger partial charge in [-0.15, -0.1) is 0 Å². The molecule has 0 nitrogen and oxygen atoms in total. The van der Waals surface area contributed by atoms with Gasteiger partial charge in [-0.1, -0.05) is 0 Å². The van der Waals surface area contributed by atoms with Crippen molar-refractivity contribution >= 4 is 44.6 Å². The van der Waals surface area contributed by atoms with Crippen LogP contribution in [0.2, 0.25) is 0 Å². The summed E-state index contributed by atoms with van der Waals surface area (Å²) in [5, 5.41) is 1.48. The summed E-state index contributed by atoms with van der Waals surface area (Å²) in [7, 11) is 0. The van der Waals surface area contributed by atoms with Crippen molar-refractivity contribution in [3.63, 3.8) is 0 Å². The van der Waals surface area contributed by atoms with E-state index in [1.165, 1.54) is 5.30 Å². The van der Waals surface area contributed by atoms with E-state index in [1.54, 1.807) is 0 Å². The molecule has 0 radical (unpaired) electrons. The van der Waals surface area contributed by atoms with Gasteiger partial charge in [0.2, 0.25) is 0 Å². The van der Waals surface area contributed by atoms with Gasteiger partial charge in [-0.05, 0) is 0 Å². The van der Waals surface area contributed by atoms with Gasteiger partial charge in [0.15, 0.2) is 0 Å². The molecule has 0 aliphatic carbocycles. The SMILES string of the molecule is [Li][P]([Li])c1ccccc1. The Morgan fingerprint density at radius 2 is 1.56 bits per heavy atom. The molecule has 1 rings (SSSR count). The average Bonchev–Trinajstić information content (AvgIpc) is 1.90. The first-order chi connectivity index (χ1) is 4.30. The third-order valence-corrected chi connectivity index (χ3v) is 2.60. The molecule has 9 heavy (non-hydrogen) atoms. The zero-order chi connectivity index (χ0) is 6.69. The molecular formula is C6H5Li2P. The van der Waals surface area contributed by atoms with Crippen LogP contribution in [-0.4, -0.2) is 34.5 Å². The van der Waals surface area contributed by atoms with Crippen LogP contribution in [-0.2, 0) is 0 Å². The van der Waals surface area contributed by atoms with Crippen LogP contribution in [0, 0.1) is 0 Å². The molecule has 36 valence electrons. The van der Waals surface area contributed by atoms with Crippen molar-refractivity contribution in [1.82, 2.24) is 0 Å². The summed E-state index contributed by atoms with van der Waals surface area (Å²) in [6, 6.07) is 10.6. The van der Waals surface area contributed by atoms with E-state index in [4.69, 9.17) is 0 Å². The number of benzene rings is 1. The Labute approximate surface area is 74.7 Å². The molecule has 1 aromatic carbocycles. The van der Waals surface area contributed by atoms with Crippen LogP contribution in [0.25, 0.3) is 0 Å². The zero-order valence-electron chi connectivity index (χ0n) is 5.83. The molecule has 0 saturated carbocycles. The van der Waals surface area contributed by atoms with Crippen molar-refractivity contribution in [2.75, 3.05) is 0 Å². The molecular weight excluding hydrogens is 117 g/mol. The van der Waals surface area contributed by atoms with E-state index in [1.807, 2.05) is 0 Å². The molecule has 0 amide bonds. The van der Waals surface area contributed by atoms with Crippen molar-refractivity contribution in [2.45, 2.75) is 0 Å². The summed E-state index contributed by atoms with van der Waals surface area (Å²) in [4.78, 5) is 0. The molecule has 0 spiro atoms. The molecule has 0 N–H and O–H groups in total. The van der Waals surface area contributed by atoms with Gasteiger partial charge < -0.3 is 0 Å². The normalized spacial score (nSPS) is 10.3.